The molecule has 0 saturated heterocycles. The number of ether oxygens (including phenoxy) is 1. The van der Waals surface area contributed by atoms with Crippen LogP contribution in [0.4, 0.5) is 0 Å². The van der Waals surface area contributed by atoms with E-state index in [1.165, 1.54) is 0 Å². The molecule has 0 saturated carbocycles. The van der Waals surface area contributed by atoms with Gasteiger partial charge in [-0.3, -0.25) is 4.57 Å². The van der Waals surface area contributed by atoms with Gasteiger partial charge >= 0.3 is 5.97 Å². The first-order valence-corrected chi connectivity index (χ1v) is 9.57. The number of fused-ring (bicyclic) bond motifs is 5. The number of aromatic nitrogens is 5. The number of esters is 1. The molecule has 0 fully saturated rings. The van der Waals surface area contributed by atoms with Gasteiger partial charge in [0.2, 0.25) is 0 Å². The second-order valence-electron chi connectivity index (χ2n) is 6.57. The molecule has 8 heteroatoms. The van der Waals surface area contributed by atoms with Crippen molar-refractivity contribution in [2.45, 2.75) is 13.5 Å². The van der Waals surface area contributed by atoms with E-state index >= 15 is 0 Å². The predicted octanol–water partition coefficient (Wildman–Crippen LogP) is 3.99. The summed E-state index contributed by atoms with van der Waals surface area (Å²) in [4.78, 5) is 21.5. The highest BCUT2D eigenvalue weighted by atomic mass is 35.5. The van der Waals surface area contributed by atoms with Gasteiger partial charge < -0.3 is 4.74 Å². The summed E-state index contributed by atoms with van der Waals surface area (Å²) < 4.78 is 8.83. The second kappa shape index (κ2) is 6.86. The maximum atomic E-state index is 12.4. The fourth-order valence-electron chi connectivity index (χ4n) is 3.50. The molecule has 0 N–H and O–H groups in total. The molecule has 1 aliphatic rings. The Balaban J connectivity index is 1.73. The van der Waals surface area contributed by atoms with Crippen LogP contribution in [0.15, 0.2) is 54.9 Å². The molecule has 144 valence electrons. The summed E-state index contributed by atoms with van der Waals surface area (Å²) in [7, 11) is 0. The molecule has 4 aromatic rings. The third-order valence-corrected chi connectivity index (χ3v) is 5.03. The molecule has 0 bridgehead atoms. The SMILES string of the molecule is CCOC(=O)c1ncn2c1Cn1nc(-c3ccccc3)nc1-c1cc(Cl)ccc1-2. The summed E-state index contributed by atoms with van der Waals surface area (Å²) in [6.45, 7) is 2.38. The molecule has 7 nitrogen and oxygen atoms in total. The van der Waals surface area contributed by atoms with Gasteiger partial charge in [0.1, 0.15) is 6.33 Å². The van der Waals surface area contributed by atoms with Crippen LogP contribution in [0.3, 0.4) is 0 Å². The Hall–Kier alpha value is -3.45. The fraction of sp³-hybridized carbons (Fsp3) is 0.143. The minimum absolute atomic E-state index is 0.275. The maximum Gasteiger partial charge on any atom is 0.358 e. The highest BCUT2D eigenvalue weighted by molar-refractivity contribution is 6.31. The molecule has 5 rings (SSSR count). The summed E-state index contributed by atoms with van der Waals surface area (Å²) in [6.07, 6.45) is 1.62. The largest absolute Gasteiger partial charge is 0.461 e. The van der Waals surface area contributed by atoms with Gasteiger partial charge in [-0.1, -0.05) is 41.9 Å². The van der Waals surface area contributed by atoms with Gasteiger partial charge in [-0.15, -0.1) is 0 Å². The molecule has 0 radical (unpaired) electrons. The summed E-state index contributed by atoms with van der Waals surface area (Å²) in [6, 6.07) is 15.3. The van der Waals surface area contributed by atoms with Crippen LogP contribution < -0.4 is 0 Å². The molecule has 3 heterocycles. The quantitative estimate of drug-likeness (QED) is 0.424. The Labute approximate surface area is 171 Å². The molecule has 0 amide bonds. The minimum Gasteiger partial charge on any atom is -0.461 e. The molecular weight excluding hydrogens is 390 g/mol. The number of hydrogen-bond acceptors (Lipinski definition) is 5. The van der Waals surface area contributed by atoms with Crippen molar-refractivity contribution in [1.82, 2.24) is 24.3 Å². The number of carbonyl (C=O) groups is 1. The molecule has 2 aromatic heterocycles. The van der Waals surface area contributed by atoms with Crippen molar-refractivity contribution >= 4 is 17.6 Å². The number of benzene rings is 2. The number of nitrogens with zero attached hydrogens (tertiary/aromatic N) is 5. The van der Waals surface area contributed by atoms with Gasteiger partial charge in [-0.05, 0) is 25.1 Å². The van der Waals surface area contributed by atoms with Crippen LogP contribution in [0.25, 0.3) is 28.5 Å². The molecule has 0 unspecified atom stereocenters. The molecule has 1 aliphatic heterocycles. The number of hydrogen-bond donors (Lipinski definition) is 0. The summed E-state index contributed by atoms with van der Waals surface area (Å²) in [5.74, 6) is 0.834. The van der Waals surface area contributed by atoms with E-state index in [1.807, 2.05) is 47.0 Å². The van der Waals surface area contributed by atoms with Crippen molar-refractivity contribution in [1.29, 1.82) is 0 Å². The van der Waals surface area contributed by atoms with E-state index in [-0.39, 0.29) is 12.3 Å². The van der Waals surface area contributed by atoms with Crippen LogP contribution in [0.2, 0.25) is 5.02 Å². The Morgan fingerprint density at radius 2 is 2.03 bits per heavy atom. The highest BCUT2D eigenvalue weighted by Gasteiger charge is 2.28. The first-order valence-electron chi connectivity index (χ1n) is 9.19. The van der Waals surface area contributed by atoms with Crippen molar-refractivity contribution < 1.29 is 9.53 Å². The van der Waals surface area contributed by atoms with E-state index in [2.05, 4.69) is 4.98 Å². The lowest BCUT2D eigenvalue weighted by Crippen LogP contribution is -2.12. The minimum atomic E-state index is -0.455. The maximum absolute atomic E-state index is 12.4. The molecule has 2 aromatic carbocycles. The lowest BCUT2D eigenvalue weighted by molar-refractivity contribution is 0.0518. The number of carbonyl (C=O) groups excluding carboxylic acids is 1. The van der Waals surface area contributed by atoms with E-state index in [9.17, 15) is 4.79 Å². The molecular formula is C21H16ClN5O2. The van der Waals surface area contributed by atoms with Crippen LogP contribution >= 0.6 is 11.6 Å². The molecule has 29 heavy (non-hydrogen) atoms. The summed E-state index contributed by atoms with van der Waals surface area (Å²) >= 11 is 6.29. The van der Waals surface area contributed by atoms with Crippen LogP contribution in [-0.4, -0.2) is 36.9 Å². The van der Waals surface area contributed by atoms with E-state index in [1.54, 1.807) is 24.0 Å². The smallest absolute Gasteiger partial charge is 0.358 e. The van der Waals surface area contributed by atoms with Gasteiger partial charge in [0.15, 0.2) is 17.3 Å². The Morgan fingerprint density at radius 3 is 2.83 bits per heavy atom. The average Bonchev–Trinajstić information content (AvgIpc) is 3.31. The van der Waals surface area contributed by atoms with E-state index in [0.717, 1.165) is 16.8 Å². The Kier molecular flexibility index (Phi) is 4.17. The van der Waals surface area contributed by atoms with Crippen LogP contribution in [0, 0.1) is 0 Å². The zero-order valence-electron chi connectivity index (χ0n) is 15.5. The zero-order valence-corrected chi connectivity index (χ0v) is 16.3. The standard InChI is InChI=1S/C21H16ClN5O2/c1-2-29-21(28)18-17-11-27-20(24-19(25-27)13-6-4-3-5-7-13)15-10-14(22)8-9-16(15)26(17)12-23-18/h3-10,12H,2,11H2,1H3. The predicted molar refractivity (Wildman–Crippen MR) is 108 cm³/mol. The van der Waals surface area contributed by atoms with Gasteiger partial charge in [0.05, 0.1) is 24.5 Å². The lowest BCUT2D eigenvalue weighted by Gasteiger charge is -2.09. The van der Waals surface area contributed by atoms with Gasteiger partial charge in [-0.2, -0.15) is 5.10 Å². The average molecular weight is 406 g/mol. The zero-order chi connectivity index (χ0) is 20.0. The van der Waals surface area contributed by atoms with E-state index in [4.69, 9.17) is 26.4 Å². The van der Waals surface area contributed by atoms with Crippen LogP contribution in [-0.2, 0) is 11.3 Å². The Bertz CT molecular complexity index is 1230. The third kappa shape index (κ3) is 2.91. The highest BCUT2D eigenvalue weighted by Crippen LogP contribution is 2.34. The van der Waals surface area contributed by atoms with Crippen LogP contribution in [0.1, 0.15) is 23.1 Å². The van der Waals surface area contributed by atoms with Crippen molar-refractivity contribution in [2.75, 3.05) is 6.61 Å². The number of rotatable bonds is 3. The third-order valence-electron chi connectivity index (χ3n) is 4.80. The van der Waals surface area contributed by atoms with Crippen molar-refractivity contribution in [3.05, 3.63) is 71.3 Å². The first kappa shape index (κ1) is 17.6. The molecule has 0 atom stereocenters. The van der Waals surface area contributed by atoms with E-state index in [0.29, 0.717) is 28.9 Å². The normalized spacial score (nSPS) is 11.9. The van der Waals surface area contributed by atoms with Crippen LogP contribution in [0.5, 0.6) is 0 Å². The van der Waals surface area contributed by atoms with E-state index < -0.39 is 5.97 Å². The van der Waals surface area contributed by atoms with Crippen molar-refractivity contribution in [3.63, 3.8) is 0 Å². The van der Waals surface area contributed by atoms with Gasteiger partial charge in [0.25, 0.3) is 0 Å². The fourth-order valence-corrected chi connectivity index (χ4v) is 3.67. The summed E-state index contributed by atoms with van der Waals surface area (Å²) in [5.41, 5.74) is 3.53. The van der Waals surface area contributed by atoms with Gasteiger partial charge in [0, 0.05) is 16.1 Å². The van der Waals surface area contributed by atoms with Crippen molar-refractivity contribution in [3.8, 4) is 28.5 Å². The Morgan fingerprint density at radius 1 is 1.21 bits per heavy atom. The summed E-state index contributed by atoms with van der Waals surface area (Å²) in [5, 5.41) is 5.30. The second-order valence-corrected chi connectivity index (χ2v) is 7.01. The van der Waals surface area contributed by atoms with Crippen molar-refractivity contribution in [2.24, 2.45) is 0 Å². The molecule has 0 spiro atoms. The molecule has 0 aliphatic carbocycles. The van der Waals surface area contributed by atoms with Gasteiger partial charge in [-0.25, -0.2) is 19.4 Å². The monoisotopic (exact) mass is 405 g/mol. The first-order chi connectivity index (χ1) is 14.2. The lowest BCUT2D eigenvalue weighted by atomic mass is 10.1. The topological polar surface area (TPSA) is 74.8 Å². The number of imidazole rings is 1. The number of halogens is 1.